The summed E-state index contributed by atoms with van der Waals surface area (Å²) < 4.78 is 0. The highest BCUT2D eigenvalue weighted by atomic mass is 32.2. The number of carboxylic acid groups (broad SMARTS) is 2. The van der Waals surface area contributed by atoms with Gasteiger partial charge in [0.1, 0.15) is 53.9 Å². The zero-order valence-corrected chi connectivity index (χ0v) is 48.3. The molecule has 0 radical (unpaired) electrons. The minimum absolute atomic E-state index is 0.229. The number of hydrogen-bond donors (Lipinski definition) is 10. The lowest BCUT2D eigenvalue weighted by Gasteiger charge is -2.35. The highest BCUT2D eigenvalue weighted by Gasteiger charge is 2.44. The number of hydrogen-bond acceptors (Lipinski definition) is 15. The van der Waals surface area contributed by atoms with Gasteiger partial charge in [-0.3, -0.25) is 57.5 Å². The van der Waals surface area contributed by atoms with Crippen LogP contribution in [0.25, 0.3) is 0 Å². The van der Waals surface area contributed by atoms with Gasteiger partial charge in [-0.1, -0.05) is 27.7 Å². The van der Waals surface area contributed by atoms with Gasteiger partial charge in [-0.2, -0.15) is 0 Å². The van der Waals surface area contributed by atoms with Gasteiger partial charge in [0.05, 0.1) is 24.3 Å². The molecule has 11 amide bonds. The summed E-state index contributed by atoms with van der Waals surface area (Å²) in [6.07, 6.45) is 2.25. The Balaban J connectivity index is 1.47. The third kappa shape index (κ3) is 18.5. The van der Waals surface area contributed by atoms with Crippen LogP contribution in [0, 0.1) is 11.8 Å². The van der Waals surface area contributed by atoms with Crippen molar-refractivity contribution < 1.29 is 72.5 Å². The molecule has 0 bridgehead atoms. The summed E-state index contributed by atoms with van der Waals surface area (Å²) in [6, 6.07) is -10.2. The molecule has 3 rings (SSSR count). The summed E-state index contributed by atoms with van der Waals surface area (Å²) in [5, 5.41) is 35.9. The molecule has 27 nitrogen and oxygen atoms in total. The summed E-state index contributed by atoms with van der Waals surface area (Å²) in [5.74, 6) is -9.69. The van der Waals surface area contributed by atoms with Gasteiger partial charge in [0, 0.05) is 38.5 Å². The molecule has 3 fully saturated rings. The van der Waals surface area contributed by atoms with E-state index in [4.69, 9.17) is 10.8 Å². The molecule has 0 aromatic rings. The zero-order valence-electron chi connectivity index (χ0n) is 47.5. The van der Waals surface area contributed by atoms with Crippen molar-refractivity contribution in [1.29, 1.82) is 0 Å². The number of carboxylic acids is 2. The molecule has 3 aliphatic rings. The minimum atomic E-state index is -1.58. The molecule has 0 saturated carbocycles. The molecule has 0 aromatic carbocycles. The van der Waals surface area contributed by atoms with Crippen LogP contribution in [-0.4, -0.2) is 217 Å². The maximum atomic E-state index is 13.9. The fourth-order valence-corrected chi connectivity index (χ4v) is 10.6. The predicted octanol–water partition coefficient (Wildman–Crippen LogP) is -2.38. The number of likely N-dealkylation sites (tertiary alicyclic amines) is 3. The number of aliphatic carboxylic acids is 2. The molecule has 3 aliphatic heterocycles. The van der Waals surface area contributed by atoms with E-state index in [0.717, 1.165) is 4.90 Å². The van der Waals surface area contributed by atoms with Crippen LogP contribution in [0.1, 0.15) is 121 Å². The van der Waals surface area contributed by atoms with E-state index in [1.807, 2.05) is 0 Å². The Bertz CT molecular complexity index is 2300. The summed E-state index contributed by atoms with van der Waals surface area (Å²) in [7, 11) is 1.40. The molecule has 28 heteroatoms. The largest absolute Gasteiger partial charge is 0.481 e. The van der Waals surface area contributed by atoms with Gasteiger partial charge in [0.15, 0.2) is 0 Å². The van der Waals surface area contributed by atoms with E-state index in [9.17, 15) is 67.4 Å². The fourth-order valence-electron chi connectivity index (χ4n) is 9.51. The Labute approximate surface area is 465 Å². The smallest absolute Gasteiger partial charge is 0.326 e. The Morgan fingerprint density at radius 3 is 1.73 bits per heavy atom. The van der Waals surface area contributed by atoms with E-state index in [0.29, 0.717) is 50.8 Å². The average Bonchev–Trinajstić information content (AvgIpc) is 4.17. The molecule has 3 saturated heterocycles. The second-order valence-corrected chi connectivity index (χ2v) is 23.2. The number of carbonyl (C=O) groups is 13. The number of thioether (sulfide) groups is 1. The van der Waals surface area contributed by atoms with Crippen LogP contribution in [0.4, 0.5) is 0 Å². The quantitative estimate of drug-likeness (QED) is 0.0411. The predicted molar refractivity (Wildman–Crippen MR) is 288 cm³/mol. The third-order valence-electron chi connectivity index (χ3n) is 14.3. The van der Waals surface area contributed by atoms with E-state index in [1.165, 1.54) is 70.2 Å². The van der Waals surface area contributed by atoms with Crippen LogP contribution in [0.15, 0.2) is 0 Å². The lowest BCUT2D eigenvalue weighted by Crippen LogP contribution is -2.62. The number of nitrogens with two attached hydrogens (primary N) is 1. The molecule has 3 heterocycles. The summed E-state index contributed by atoms with van der Waals surface area (Å²) in [5.41, 5.74) is 3.96. The Kier molecular flexibility index (Phi) is 25.0. The van der Waals surface area contributed by atoms with Gasteiger partial charge >= 0.3 is 11.9 Å². The van der Waals surface area contributed by atoms with Gasteiger partial charge in [-0.25, -0.2) is 4.79 Å². The van der Waals surface area contributed by atoms with Crippen molar-refractivity contribution in [3.8, 4) is 0 Å². The normalized spacial score (nSPS) is 20.3. The average molecular weight is 1140 g/mol. The first-order valence-corrected chi connectivity index (χ1v) is 27.9. The number of nitrogens with one attached hydrogen (secondary N) is 7. The van der Waals surface area contributed by atoms with Crippen LogP contribution < -0.4 is 43.0 Å². The fraction of sp³-hybridized carbons (Fsp3) is 0.745. The van der Waals surface area contributed by atoms with Crippen molar-refractivity contribution in [3.63, 3.8) is 0 Å². The van der Waals surface area contributed by atoms with Gasteiger partial charge in [0.2, 0.25) is 65.0 Å². The van der Waals surface area contributed by atoms with Crippen LogP contribution >= 0.6 is 11.8 Å². The van der Waals surface area contributed by atoms with E-state index >= 15 is 0 Å². The zero-order chi connectivity index (χ0) is 60.0. The number of nitrogens with zero attached hydrogens (tertiary/aromatic N) is 4. The minimum Gasteiger partial charge on any atom is -0.481 e. The van der Waals surface area contributed by atoms with Crippen molar-refractivity contribution >= 4 is 88.7 Å². The maximum Gasteiger partial charge on any atom is 0.326 e. The summed E-state index contributed by atoms with van der Waals surface area (Å²) >= 11 is 1.27. The molecule has 79 heavy (non-hydrogen) atoms. The van der Waals surface area contributed by atoms with E-state index in [1.54, 1.807) is 39.5 Å². The number of rotatable bonds is 27. The van der Waals surface area contributed by atoms with Crippen LogP contribution in [0.3, 0.4) is 0 Å². The number of carbonyl (C=O) groups excluding carboxylic acids is 11. The monoisotopic (exact) mass is 1140 g/mol. The lowest BCUT2D eigenvalue weighted by atomic mass is 10.00. The van der Waals surface area contributed by atoms with E-state index in [2.05, 4.69) is 37.2 Å². The molecular formula is C51H84N12O15S. The maximum absolute atomic E-state index is 13.9. The molecule has 11 atom stereocenters. The Morgan fingerprint density at radius 1 is 0.620 bits per heavy atom. The van der Waals surface area contributed by atoms with Gasteiger partial charge in [0.25, 0.3) is 0 Å². The van der Waals surface area contributed by atoms with Crippen molar-refractivity contribution in [3.05, 3.63) is 0 Å². The standard InChI is InChI=1S/C51H84N12O15S/c1-25(2)38(48(75)63-21-15-18-35(63)47(74)60(12)39(26(3)4)49(76)77)58-41(68)27(5)55-45(72)34-17-14-20-62(34)36(64)23-53-43(70)31(9)79-24-32-16-13-19-61(32)46(73)30(8)56-40(67)28(6)57-50(78)51(10,11)59-42(69)29(7)54-44(71)33(52)22-37(65)66/h25-35,38-39H,13-24,52H2,1-12H3,(H,53,70)(H,54,71)(H,55,72)(H,56,67)(H,57,78)(H,58,68)(H,59,69)(H,65,66)(H,76,77)/t27-,28-,29-,30-,31-,32-,33+,34+,35-,38-,39-/m0/s1. The molecule has 444 valence electrons. The number of likely N-dealkylation sites (N-methyl/N-ethyl adjacent to an activating group) is 1. The summed E-state index contributed by atoms with van der Waals surface area (Å²) in [4.78, 5) is 174. The van der Waals surface area contributed by atoms with E-state index in [-0.39, 0.29) is 25.0 Å². The van der Waals surface area contributed by atoms with E-state index < -0.39 is 161 Å². The first-order valence-electron chi connectivity index (χ1n) is 26.8. The molecule has 0 aromatic heterocycles. The third-order valence-corrected chi connectivity index (χ3v) is 15.6. The highest BCUT2D eigenvalue weighted by molar-refractivity contribution is 8.00. The molecule has 0 unspecified atom stereocenters. The van der Waals surface area contributed by atoms with Gasteiger partial charge in [-0.05, 0) is 98.8 Å². The lowest BCUT2D eigenvalue weighted by molar-refractivity contribution is -0.154. The van der Waals surface area contributed by atoms with Gasteiger partial charge < -0.3 is 72.8 Å². The molecule has 0 aliphatic carbocycles. The second kappa shape index (κ2) is 29.6. The second-order valence-electron chi connectivity index (χ2n) is 21.9. The molecular weight excluding hydrogens is 1050 g/mol. The molecule has 0 spiro atoms. The van der Waals surface area contributed by atoms with Crippen molar-refractivity contribution in [2.45, 2.75) is 192 Å². The van der Waals surface area contributed by atoms with Crippen molar-refractivity contribution in [2.24, 2.45) is 17.6 Å². The SMILES string of the molecule is CC(C)[C@H](NC(=O)[C@H](C)NC(=O)[C@H]1CCCN1C(=O)CNC(=O)[C@H](C)SC[C@@H]1CCCN1C(=O)[C@H](C)NC(=O)[C@H](C)NC(=O)C(C)(C)NC(=O)[C@H](C)NC(=O)[C@H](N)CC(=O)O)C(=O)N1CCC[C@H]1C(=O)N(C)[C@H](C(=O)O)C(C)C. The highest BCUT2D eigenvalue weighted by Crippen LogP contribution is 2.26. The first kappa shape index (κ1) is 66.7. The summed E-state index contributed by atoms with van der Waals surface area (Å²) in [6.45, 7) is 17.3. The van der Waals surface area contributed by atoms with Gasteiger partial charge in [-0.15, -0.1) is 11.8 Å². The first-order chi connectivity index (χ1) is 36.7. The number of amides is 11. The van der Waals surface area contributed by atoms with Crippen LogP contribution in [-0.2, 0) is 62.3 Å². The van der Waals surface area contributed by atoms with Crippen LogP contribution in [0.5, 0.6) is 0 Å². The Hall–Kier alpha value is -6.58. The topological polar surface area (TPSA) is 386 Å². The van der Waals surface area contributed by atoms with Crippen molar-refractivity contribution in [1.82, 2.24) is 56.8 Å². The molecule has 11 N–H and O–H groups in total. The Morgan fingerprint density at radius 2 is 1.15 bits per heavy atom. The van der Waals surface area contributed by atoms with Crippen molar-refractivity contribution in [2.75, 3.05) is 39.0 Å². The van der Waals surface area contributed by atoms with Crippen LogP contribution in [0.2, 0.25) is 0 Å².